The molecule has 0 amide bonds. The Morgan fingerprint density at radius 2 is 2.00 bits per heavy atom. The Kier molecular flexibility index (Phi) is 6.40. The zero-order valence-electron chi connectivity index (χ0n) is 12.2. The Labute approximate surface area is 132 Å². The van der Waals surface area contributed by atoms with E-state index in [4.69, 9.17) is 10.5 Å². The van der Waals surface area contributed by atoms with Gasteiger partial charge in [0.25, 0.3) is 0 Å². The molecule has 1 saturated heterocycles. The van der Waals surface area contributed by atoms with Crippen molar-refractivity contribution in [3.8, 4) is 5.88 Å². The van der Waals surface area contributed by atoms with Crippen LogP contribution < -0.4 is 10.5 Å². The summed E-state index contributed by atoms with van der Waals surface area (Å²) in [4.78, 5) is 4.16. The molecule has 0 aromatic carbocycles. The molecule has 0 bridgehead atoms. The van der Waals surface area contributed by atoms with Gasteiger partial charge in [0.05, 0.1) is 13.3 Å². The minimum absolute atomic E-state index is 0. The van der Waals surface area contributed by atoms with E-state index in [-0.39, 0.29) is 23.3 Å². The van der Waals surface area contributed by atoms with Crippen LogP contribution in [0.5, 0.6) is 5.88 Å². The summed E-state index contributed by atoms with van der Waals surface area (Å²) in [5, 5.41) is 0. The van der Waals surface area contributed by atoms with Gasteiger partial charge in [-0.05, 0) is 31.7 Å². The normalized spacial score (nSPS) is 18.8. The maximum atomic E-state index is 12.5. The second-order valence-electron chi connectivity index (χ2n) is 5.14. The highest BCUT2D eigenvalue weighted by Crippen LogP contribution is 2.25. The van der Waals surface area contributed by atoms with Crippen molar-refractivity contribution in [3.63, 3.8) is 0 Å². The molecular weight excluding hydrogens is 314 g/mol. The van der Waals surface area contributed by atoms with Crippen LogP contribution in [-0.2, 0) is 10.0 Å². The number of hydrogen-bond donors (Lipinski definition) is 1. The number of ether oxygens (including phenoxy) is 1. The van der Waals surface area contributed by atoms with Gasteiger partial charge in [-0.1, -0.05) is 0 Å². The minimum atomic E-state index is -3.46. The van der Waals surface area contributed by atoms with Crippen LogP contribution in [0.4, 0.5) is 0 Å². The molecule has 21 heavy (non-hydrogen) atoms. The molecule has 0 radical (unpaired) electrons. The second kappa shape index (κ2) is 7.40. The summed E-state index contributed by atoms with van der Waals surface area (Å²) in [5.74, 6) is 0.801. The van der Waals surface area contributed by atoms with Gasteiger partial charge in [0.2, 0.25) is 15.9 Å². The standard InChI is InChI=1S/C13H21N3O3S.ClH/c1-10(14)11-5-7-16(8-6-11)20(17,18)12-3-4-13(19-2)15-9-12;/h3-4,9-11H,5-8,14H2,1-2H3;1H. The molecule has 1 aliphatic heterocycles. The molecule has 1 fully saturated rings. The Bertz CT molecular complexity index is 540. The molecule has 120 valence electrons. The number of pyridine rings is 1. The van der Waals surface area contributed by atoms with Gasteiger partial charge in [-0.25, -0.2) is 13.4 Å². The van der Waals surface area contributed by atoms with Gasteiger partial charge in [0.15, 0.2) is 0 Å². The third kappa shape index (κ3) is 4.06. The molecule has 0 spiro atoms. The number of aromatic nitrogens is 1. The van der Waals surface area contributed by atoms with Crippen molar-refractivity contribution in [3.05, 3.63) is 18.3 Å². The van der Waals surface area contributed by atoms with Gasteiger partial charge in [-0.2, -0.15) is 4.31 Å². The molecule has 1 aliphatic rings. The lowest BCUT2D eigenvalue weighted by Crippen LogP contribution is -2.42. The zero-order chi connectivity index (χ0) is 14.8. The third-order valence-electron chi connectivity index (χ3n) is 3.80. The first kappa shape index (κ1) is 18.2. The van der Waals surface area contributed by atoms with Crippen molar-refractivity contribution in [2.24, 2.45) is 11.7 Å². The van der Waals surface area contributed by atoms with Gasteiger partial charge in [0.1, 0.15) is 4.90 Å². The van der Waals surface area contributed by atoms with Gasteiger partial charge < -0.3 is 10.5 Å². The van der Waals surface area contributed by atoms with Crippen LogP contribution in [0.3, 0.4) is 0 Å². The number of methoxy groups -OCH3 is 1. The molecule has 2 N–H and O–H groups in total. The highest BCUT2D eigenvalue weighted by atomic mass is 35.5. The molecule has 8 heteroatoms. The largest absolute Gasteiger partial charge is 0.481 e. The van der Waals surface area contributed by atoms with Crippen LogP contribution in [0.2, 0.25) is 0 Å². The van der Waals surface area contributed by atoms with Crippen molar-refractivity contribution < 1.29 is 13.2 Å². The summed E-state index contributed by atoms with van der Waals surface area (Å²) in [6, 6.07) is 3.20. The Hall–Kier alpha value is -0.890. The molecule has 1 aromatic rings. The average molecular weight is 336 g/mol. The first-order chi connectivity index (χ1) is 9.45. The van der Waals surface area contributed by atoms with Crippen LogP contribution in [0.1, 0.15) is 19.8 Å². The molecular formula is C13H22ClN3O3S. The number of hydrogen-bond acceptors (Lipinski definition) is 5. The predicted molar refractivity (Wildman–Crippen MR) is 83.2 cm³/mol. The number of nitrogens with two attached hydrogens (primary N) is 1. The summed E-state index contributed by atoms with van der Waals surface area (Å²) >= 11 is 0. The molecule has 1 unspecified atom stereocenters. The van der Waals surface area contributed by atoms with E-state index in [1.807, 2.05) is 6.92 Å². The highest BCUT2D eigenvalue weighted by Gasteiger charge is 2.30. The monoisotopic (exact) mass is 335 g/mol. The smallest absolute Gasteiger partial charge is 0.244 e. The lowest BCUT2D eigenvalue weighted by atomic mass is 9.92. The second-order valence-corrected chi connectivity index (χ2v) is 7.07. The quantitative estimate of drug-likeness (QED) is 0.895. The lowest BCUT2D eigenvalue weighted by Gasteiger charge is -2.32. The Morgan fingerprint density at radius 3 is 2.43 bits per heavy atom. The molecule has 2 rings (SSSR count). The fourth-order valence-electron chi connectivity index (χ4n) is 2.43. The molecule has 0 saturated carbocycles. The zero-order valence-corrected chi connectivity index (χ0v) is 13.9. The fraction of sp³-hybridized carbons (Fsp3) is 0.615. The van der Waals surface area contributed by atoms with Crippen molar-refractivity contribution >= 4 is 22.4 Å². The first-order valence-corrected chi connectivity index (χ1v) is 8.15. The van der Waals surface area contributed by atoms with Crippen molar-refractivity contribution in [2.45, 2.75) is 30.7 Å². The molecule has 1 aromatic heterocycles. The summed E-state index contributed by atoms with van der Waals surface area (Å²) in [7, 11) is -1.97. The maximum Gasteiger partial charge on any atom is 0.244 e. The van der Waals surface area contributed by atoms with E-state index in [1.165, 1.54) is 23.7 Å². The van der Waals surface area contributed by atoms with Gasteiger partial charge in [-0.15, -0.1) is 12.4 Å². The molecule has 2 heterocycles. The van der Waals surface area contributed by atoms with Crippen LogP contribution in [-0.4, -0.2) is 43.9 Å². The summed E-state index contributed by atoms with van der Waals surface area (Å²) in [5.41, 5.74) is 5.87. The number of sulfonamides is 1. The van der Waals surface area contributed by atoms with Crippen molar-refractivity contribution in [1.82, 2.24) is 9.29 Å². The van der Waals surface area contributed by atoms with Crippen molar-refractivity contribution in [1.29, 1.82) is 0 Å². The highest BCUT2D eigenvalue weighted by molar-refractivity contribution is 7.89. The third-order valence-corrected chi connectivity index (χ3v) is 5.68. The van der Waals surface area contributed by atoms with E-state index in [0.717, 1.165) is 12.8 Å². The molecule has 6 nitrogen and oxygen atoms in total. The number of rotatable bonds is 4. The number of nitrogens with zero attached hydrogens (tertiary/aromatic N) is 2. The van der Waals surface area contributed by atoms with Crippen LogP contribution in [0, 0.1) is 5.92 Å². The van der Waals surface area contributed by atoms with E-state index in [0.29, 0.717) is 24.9 Å². The SMILES string of the molecule is COc1ccc(S(=O)(=O)N2CCC(C(C)N)CC2)cn1.Cl. The van der Waals surface area contributed by atoms with E-state index >= 15 is 0 Å². The average Bonchev–Trinajstić information content (AvgIpc) is 2.47. The Balaban J connectivity index is 0.00000220. The van der Waals surface area contributed by atoms with Gasteiger partial charge >= 0.3 is 0 Å². The van der Waals surface area contributed by atoms with E-state index < -0.39 is 10.0 Å². The van der Waals surface area contributed by atoms with Crippen LogP contribution in [0.25, 0.3) is 0 Å². The van der Waals surface area contributed by atoms with Crippen LogP contribution in [0.15, 0.2) is 23.2 Å². The Morgan fingerprint density at radius 1 is 1.38 bits per heavy atom. The van der Waals surface area contributed by atoms with Gasteiger partial charge in [0, 0.05) is 25.2 Å². The topological polar surface area (TPSA) is 85.5 Å². The van der Waals surface area contributed by atoms with Crippen molar-refractivity contribution in [2.75, 3.05) is 20.2 Å². The predicted octanol–water partition coefficient (Wildman–Crippen LogP) is 1.26. The lowest BCUT2D eigenvalue weighted by molar-refractivity contribution is 0.250. The van der Waals surface area contributed by atoms with E-state index in [2.05, 4.69) is 4.98 Å². The van der Waals surface area contributed by atoms with E-state index in [1.54, 1.807) is 6.07 Å². The summed E-state index contributed by atoms with van der Waals surface area (Å²) < 4.78 is 31.4. The number of halogens is 1. The number of piperidine rings is 1. The molecule has 1 atom stereocenters. The maximum absolute atomic E-state index is 12.5. The van der Waals surface area contributed by atoms with E-state index in [9.17, 15) is 8.42 Å². The minimum Gasteiger partial charge on any atom is -0.481 e. The van der Waals surface area contributed by atoms with Crippen LogP contribution >= 0.6 is 12.4 Å². The summed E-state index contributed by atoms with van der Waals surface area (Å²) in [6.45, 7) is 3.00. The summed E-state index contributed by atoms with van der Waals surface area (Å²) in [6.07, 6.45) is 2.95. The fourth-order valence-corrected chi connectivity index (χ4v) is 3.85. The molecule has 0 aliphatic carbocycles. The van der Waals surface area contributed by atoms with Gasteiger partial charge in [-0.3, -0.25) is 0 Å². The first-order valence-electron chi connectivity index (χ1n) is 6.71.